The molecule has 2 heterocycles. The first-order chi connectivity index (χ1) is 15.1. The number of aromatic nitrogens is 1. The zero-order chi connectivity index (χ0) is 21.6. The second kappa shape index (κ2) is 10.0. The number of anilines is 1. The average molecular weight is 438 g/mol. The third kappa shape index (κ3) is 5.69. The first kappa shape index (κ1) is 21.5. The predicted octanol–water partition coefficient (Wildman–Crippen LogP) is 5.26. The molecule has 1 aliphatic heterocycles. The van der Waals surface area contributed by atoms with Gasteiger partial charge in [-0.15, -0.1) is 0 Å². The number of ketones is 1. The maximum Gasteiger partial charge on any atom is 0.143 e. The molecule has 2 aromatic carbocycles. The summed E-state index contributed by atoms with van der Waals surface area (Å²) in [5, 5.41) is 7.15. The van der Waals surface area contributed by atoms with Crippen molar-refractivity contribution in [3.8, 4) is 11.1 Å². The number of nitrogens with one attached hydrogen (secondary N) is 2. The topological polar surface area (TPSA) is 54.0 Å². The van der Waals surface area contributed by atoms with Crippen LogP contribution in [0.2, 0.25) is 5.02 Å². The number of halogens is 2. The average Bonchev–Trinajstić information content (AvgIpc) is 2.80. The largest absolute Gasteiger partial charge is 0.381 e. The van der Waals surface area contributed by atoms with Crippen molar-refractivity contribution in [2.45, 2.75) is 25.8 Å². The van der Waals surface area contributed by atoms with Gasteiger partial charge in [0.1, 0.15) is 11.6 Å². The van der Waals surface area contributed by atoms with Gasteiger partial charge < -0.3 is 10.6 Å². The Morgan fingerprint density at radius 2 is 2.06 bits per heavy atom. The summed E-state index contributed by atoms with van der Waals surface area (Å²) in [5.74, 6) is 0.0335. The van der Waals surface area contributed by atoms with Crippen LogP contribution >= 0.6 is 11.6 Å². The van der Waals surface area contributed by atoms with E-state index in [2.05, 4.69) is 15.6 Å². The molecule has 0 bridgehead atoms. The fourth-order valence-electron chi connectivity index (χ4n) is 3.90. The van der Waals surface area contributed by atoms with E-state index in [0.717, 1.165) is 54.0 Å². The van der Waals surface area contributed by atoms with Crippen molar-refractivity contribution >= 4 is 23.1 Å². The van der Waals surface area contributed by atoms with Gasteiger partial charge in [0.2, 0.25) is 0 Å². The minimum Gasteiger partial charge on any atom is -0.381 e. The van der Waals surface area contributed by atoms with Crippen molar-refractivity contribution in [2.75, 3.05) is 18.4 Å². The highest BCUT2D eigenvalue weighted by Crippen LogP contribution is 2.30. The summed E-state index contributed by atoms with van der Waals surface area (Å²) in [6, 6.07) is 16.3. The van der Waals surface area contributed by atoms with Crippen molar-refractivity contribution in [3.63, 3.8) is 0 Å². The van der Waals surface area contributed by atoms with Crippen molar-refractivity contribution in [2.24, 2.45) is 5.92 Å². The van der Waals surface area contributed by atoms with E-state index in [-0.39, 0.29) is 17.5 Å². The van der Waals surface area contributed by atoms with Gasteiger partial charge in [0.15, 0.2) is 0 Å². The lowest BCUT2D eigenvalue weighted by Crippen LogP contribution is -2.35. The number of rotatable bonds is 7. The van der Waals surface area contributed by atoms with Gasteiger partial charge in [-0.25, -0.2) is 4.39 Å². The number of pyridine rings is 1. The third-order valence-corrected chi connectivity index (χ3v) is 5.88. The van der Waals surface area contributed by atoms with E-state index < -0.39 is 0 Å². The summed E-state index contributed by atoms with van der Waals surface area (Å²) in [6.45, 7) is 2.25. The highest BCUT2D eigenvalue weighted by molar-refractivity contribution is 6.33. The standard InChI is InChI=1S/C25H25ClFN3O/c26-24-16-30-22(13-25(31)19-6-3-9-28-15-19)12-23(24)18-5-2-8-21(11-18)29-14-17-4-1-7-20(27)10-17/h1-2,4-5,7-8,10-12,16,19,28-29H,3,6,9,13-15H2/t19-/m0/s1. The Morgan fingerprint density at radius 1 is 1.19 bits per heavy atom. The lowest BCUT2D eigenvalue weighted by Gasteiger charge is -2.21. The lowest BCUT2D eigenvalue weighted by atomic mass is 9.92. The van der Waals surface area contributed by atoms with Crippen LogP contribution in [0.1, 0.15) is 24.1 Å². The van der Waals surface area contributed by atoms with E-state index in [1.165, 1.54) is 12.1 Å². The first-order valence-corrected chi connectivity index (χ1v) is 10.9. The molecule has 160 valence electrons. The number of benzene rings is 2. The normalized spacial score (nSPS) is 16.1. The molecule has 3 aromatic rings. The van der Waals surface area contributed by atoms with Gasteiger partial charge in [0, 0.05) is 48.6 Å². The number of nitrogens with zero attached hydrogens (tertiary/aromatic N) is 1. The van der Waals surface area contributed by atoms with Crippen LogP contribution in [0.4, 0.5) is 10.1 Å². The Morgan fingerprint density at radius 3 is 2.87 bits per heavy atom. The Bertz CT molecular complexity index is 1070. The smallest absolute Gasteiger partial charge is 0.143 e. The van der Waals surface area contributed by atoms with Crippen LogP contribution < -0.4 is 10.6 Å². The second-order valence-electron chi connectivity index (χ2n) is 7.91. The zero-order valence-electron chi connectivity index (χ0n) is 17.2. The molecule has 4 nitrogen and oxygen atoms in total. The molecule has 0 spiro atoms. The Balaban J connectivity index is 1.48. The number of carbonyl (C=O) groups is 1. The lowest BCUT2D eigenvalue weighted by molar-refractivity contribution is -0.122. The summed E-state index contributed by atoms with van der Waals surface area (Å²) in [5.41, 5.74) is 4.28. The third-order valence-electron chi connectivity index (χ3n) is 5.58. The monoisotopic (exact) mass is 437 g/mol. The molecule has 31 heavy (non-hydrogen) atoms. The number of hydrogen-bond acceptors (Lipinski definition) is 4. The minimum atomic E-state index is -0.247. The molecule has 1 atom stereocenters. The van der Waals surface area contributed by atoms with Gasteiger partial charge in [-0.3, -0.25) is 9.78 Å². The summed E-state index contributed by atoms with van der Waals surface area (Å²) in [4.78, 5) is 17.0. The minimum absolute atomic E-state index is 0.0602. The van der Waals surface area contributed by atoms with Crippen LogP contribution in [0.25, 0.3) is 11.1 Å². The van der Waals surface area contributed by atoms with Crippen LogP contribution in [-0.2, 0) is 17.8 Å². The Hall–Kier alpha value is -2.76. The fourth-order valence-corrected chi connectivity index (χ4v) is 4.11. The van der Waals surface area contributed by atoms with E-state index >= 15 is 0 Å². The molecule has 1 aromatic heterocycles. The van der Waals surface area contributed by atoms with E-state index in [1.807, 2.05) is 36.4 Å². The van der Waals surface area contributed by atoms with Crippen LogP contribution in [0.15, 0.2) is 60.8 Å². The molecular formula is C25H25ClFN3O. The molecule has 0 amide bonds. The molecule has 0 aliphatic carbocycles. The Kier molecular flexibility index (Phi) is 6.95. The molecule has 1 aliphatic rings. The summed E-state index contributed by atoms with van der Waals surface area (Å²) in [6.07, 6.45) is 3.90. The van der Waals surface area contributed by atoms with Gasteiger partial charge in [0.05, 0.1) is 5.02 Å². The molecule has 6 heteroatoms. The van der Waals surface area contributed by atoms with Gasteiger partial charge in [-0.1, -0.05) is 35.9 Å². The van der Waals surface area contributed by atoms with E-state index in [0.29, 0.717) is 18.0 Å². The summed E-state index contributed by atoms with van der Waals surface area (Å²) in [7, 11) is 0. The summed E-state index contributed by atoms with van der Waals surface area (Å²) >= 11 is 6.44. The van der Waals surface area contributed by atoms with Crippen LogP contribution in [-0.4, -0.2) is 23.9 Å². The second-order valence-corrected chi connectivity index (χ2v) is 8.31. The molecular weight excluding hydrogens is 413 g/mol. The maximum atomic E-state index is 13.4. The summed E-state index contributed by atoms with van der Waals surface area (Å²) < 4.78 is 13.4. The highest BCUT2D eigenvalue weighted by Gasteiger charge is 2.21. The van der Waals surface area contributed by atoms with E-state index in [4.69, 9.17) is 11.6 Å². The molecule has 1 saturated heterocycles. The van der Waals surface area contributed by atoms with Gasteiger partial charge in [-0.05, 0) is 60.8 Å². The number of hydrogen-bond donors (Lipinski definition) is 2. The molecule has 2 N–H and O–H groups in total. The zero-order valence-corrected chi connectivity index (χ0v) is 18.0. The first-order valence-electron chi connectivity index (χ1n) is 10.5. The predicted molar refractivity (Wildman–Crippen MR) is 123 cm³/mol. The van der Waals surface area contributed by atoms with Crippen molar-refractivity contribution in [1.29, 1.82) is 0 Å². The van der Waals surface area contributed by atoms with Gasteiger partial charge >= 0.3 is 0 Å². The molecule has 0 radical (unpaired) electrons. The molecule has 0 unspecified atom stereocenters. The van der Waals surface area contributed by atoms with Crippen LogP contribution in [0.3, 0.4) is 0 Å². The number of Topliss-reactive ketones (excluding diaryl/α,β-unsaturated/α-hetero) is 1. The van der Waals surface area contributed by atoms with Gasteiger partial charge in [-0.2, -0.15) is 0 Å². The quantitative estimate of drug-likeness (QED) is 0.529. The fraction of sp³-hybridized carbons (Fsp3) is 0.280. The van der Waals surface area contributed by atoms with Crippen LogP contribution in [0, 0.1) is 11.7 Å². The van der Waals surface area contributed by atoms with Crippen molar-refractivity contribution in [1.82, 2.24) is 10.3 Å². The molecule has 0 saturated carbocycles. The molecule has 1 fully saturated rings. The van der Waals surface area contributed by atoms with Gasteiger partial charge in [0.25, 0.3) is 0 Å². The van der Waals surface area contributed by atoms with Crippen molar-refractivity contribution < 1.29 is 9.18 Å². The number of carbonyl (C=O) groups excluding carboxylic acids is 1. The highest BCUT2D eigenvalue weighted by atomic mass is 35.5. The molecule has 4 rings (SSSR count). The van der Waals surface area contributed by atoms with E-state index in [1.54, 1.807) is 12.3 Å². The van der Waals surface area contributed by atoms with Crippen molar-refractivity contribution in [3.05, 3.63) is 82.9 Å². The van der Waals surface area contributed by atoms with E-state index in [9.17, 15) is 9.18 Å². The number of piperidine rings is 1. The maximum absolute atomic E-state index is 13.4. The Labute approximate surface area is 186 Å². The SMILES string of the molecule is O=C(Cc1cc(-c2cccc(NCc3cccc(F)c3)c2)c(Cl)cn1)[C@H]1CCCNC1. The van der Waals surface area contributed by atoms with Crippen LogP contribution in [0.5, 0.6) is 0 Å².